The monoisotopic (exact) mass is 413 g/mol. The zero-order valence-electron chi connectivity index (χ0n) is 17.9. The van der Waals surface area contributed by atoms with E-state index in [-0.39, 0.29) is 24.7 Å². The summed E-state index contributed by atoms with van der Waals surface area (Å²) in [5.74, 6) is 0.832. The molecule has 0 aliphatic heterocycles. The summed E-state index contributed by atoms with van der Waals surface area (Å²) in [6.07, 6.45) is 1.53. The van der Waals surface area contributed by atoms with Gasteiger partial charge >= 0.3 is 0 Å². The summed E-state index contributed by atoms with van der Waals surface area (Å²) in [7, 11) is 4.55. The maximum Gasteiger partial charge on any atom is 0.240 e. The van der Waals surface area contributed by atoms with E-state index in [1.54, 1.807) is 12.1 Å². The van der Waals surface area contributed by atoms with Gasteiger partial charge in [-0.3, -0.25) is 9.59 Å². The number of methoxy groups -OCH3 is 3. The van der Waals surface area contributed by atoms with Gasteiger partial charge in [-0.05, 0) is 43.2 Å². The van der Waals surface area contributed by atoms with E-state index >= 15 is 0 Å². The molecule has 2 rings (SSSR count). The van der Waals surface area contributed by atoms with Crippen molar-refractivity contribution in [2.45, 2.75) is 26.7 Å². The summed E-state index contributed by atoms with van der Waals surface area (Å²) >= 11 is 0. The van der Waals surface area contributed by atoms with E-state index in [1.807, 2.05) is 32.0 Å². The van der Waals surface area contributed by atoms with Crippen molar-refractivity contribution in [2.75, 3.05) is 26.6 Å². The molecule has 2 N–H and O–H groups in total. The fraction of sp³-hybridized carbons (Fsp3) is 0.318. The number of carbonyl (C=O) groups is 2. The number of hydrogen-bond acceptors (Lipinski definition) is 6. The lowest BCUT2D eigenvalue weighted by Crippen LogP contribution is -2.21. The van der Waals surface area contributed by atoms with Crippen molar-refractivity contribution in [1.29, 1.82) is 0 Å². The number of benzene rings is 2. The van der Waals surface area contributed by atoms with E-state index in [0.29, 0.717) is 22.8 Å². The zero-order chi connectivity index (χ0) is 22.1. The van der Waals surface area contributed by atoms with Gasteiger partial charge in [-0.15, -0.1) is 0 Å². The predicted molar refractivity (Wildman–Crippen MR) is 116 cm³/mol. The van der Waals surface area contributed by atoms with Crippen LogP contribution < -0.4 is 25.0 Å². The Hall–Kier alpha value is -3.55. The van der Waals surface area contributed by atoms with Crippen molar-refractivity contribution in [3.05, 3.63) is 47.0 Å². The molecule has 2 aromatic rings. The molecule has 0 radical (unpaired) electrons. The fourth-order valence-electron chi connectivity index (χ4n) is 2.72. The Morgan fingerprint density at radius 3 is 2.17 bits per heavy atom. The molecule has 0 saturated carbocycles. The normalized spacial score (nSPS) is 10.6. The van der Waals surface area contributed by atoms with Crippen LogP contribution in [-0.4, -0.2) is 39.4 Å². The summed E-state index contributed by atoms with van der Waals surface area (Å²) in [6, 6.07) is 9.22. The number of carbonyl (C=O) groups excluding carboxylic acids is 2. The smallest absolute Gasteiger partial charge is 0.240 e. The van der Waals surface area contributed by atoms with Crippen LogP contribution in [0, 0.1) is 13.8 Å². The third-order valence-corrected chi connectivity index (χ3v) is 4.34. The highest BCUT2D eigenvalue weighted by Gasteiger charge is 2.12. The summed E-state index contributed by atoms with van der Waals surface area (Å²) < 4.78 is 15.8. The van der Waals surface area contributed by atoms with E-state index in [9.17, 15) is 9.59 Å². The van der Waals surface area contributed by atoms with Crippen molar-refractivity contribution < 1.29 is 23.8 Å². The van der Waals surface area contributed by atoms with Crippen LogP contribution in [-0.2, 0) is 9.59 Å². The Kier molecular flexibility index (Phi) is 8.22. The van der Waals surface area contributed by atoms with Gasteiger partial charge in [0.05, 0.1) is 27.5 Å². The first-order valence-corrected chi connectivity index (χ1v) is 9.37. The molecule has 160 valence electrons. The molecule has 8 heteroatoms. The van der Waals surface area contributed by atoms with Gasteiger partial charge in [0.2, 0.25) is 17.6 Å². The van der Waals surface area contributed by atoms with E-state index in [4.69, 9.17) is 14.2 Å². The molecule has 0 atom stereocenters. The van der Waals surface area contributed by atoms with Gasteiger partial charge in [0, 0.05) is 24.1 Å². The van der Waals surface area contributed by atoms with E-state index in [1.165, 1.54) is 27.5 Å². The molecule has 0 aliphatic rings. The van der Waals surface area contributed by atoms with Gasteiger partial charge in [-0.2, -0.15) is 5.10 Å². The van der Waals surface area contributed by atoms with E-state index in [2.05, 4.69) is 15.8 Å². The lowest BCUT2D eigenvalue weighted by molar-refractivity contribution is -0.124. The van der Waals surface area contributed by atoms with Gasteiger partial charge in [-0.1, -0.05) is 12.1 Å². The molecule has 0 bridgehead atoms. The standard InChI is InChI=1S/C22H27N3O5/c1-14-6-7-15(2)17(10-14)24-20(26)8-9-21(27)25-23-13-16-11-18(28-3)22(30-5)19(12-16)29-4/h6-7,10-13H,8-9H2,1-5H3,(H,24,26)(H,25,27). The predicted octanol–water partition coefficient (Wildman–Crippen LogP) is 3.20. The van der Waals surface area contributed by atoms with Gasteiger partial charge in [0.1, 0.15) is 0 Å². The number of hydrogen-bond donors (Lipinski definition) is 2. The zero-order valence-corrected chi connectivity index (χ0v) is 17.9. The molecule has 8 nitrogen and oxygen atoms in total. The van der Waals surface area contributed by atoms with Gasteiger partial charge in [0.25, 0.3) is 0 Å². The molecule has 30 heavy (non-hydrogen) atoms. The molecule has 2 amide bonds. The van der Waals surface area contributed by atoms with E-state index in [0.717, 1.165) is 16.8 Å². The lowest BCUT2D eigenvalue weighted by atomic mass is 10.1. The Balaban J connectivity index is 1.89. The Bertz CT molecular complexity index is 915. The van der Waals surface area contributed by atoms with Crippen molar-refractivity contribution in [3.63, 3.8) is 0 Å². The number of anilines is 1. The van der Waals surface area contributed by atoms with Crippen molar-refractivity contribution >= 4 is 23.7 Å². The summed E-state index contributed by atoms with van der Waals surface area (Å²) in [5, 5.41) is 6.75. The first-order valence-electron chi connectivity index (χ1n) is 9.37. The molecular formula is C22H27N3O5. The molecule has 0 aromatic heterocycles. The molecular weight excluding hydrogens is 386 g/mol. The van der Waals surface area contributed by atoms with E-state index < -0.39 is 0 Å². The van der Waals surface area contributed by atoms with Crippen LogP contribution >= 0.6 is 0 Å². The average Bonchev–Trinajstić information content (AvgIpc) is 2.74. The van der Waals surface area contributed by atoms with Crippen molar-refractivity contribution in [1.82, 2.24) is 5.43 Å². The molecule has 0 aliphatic carbocycles. The van der Waals surface area contributed by atoms with Crippen LogP contribution in [0.3, 0.4) is 0 Å². The summed E-state index contributed by atoms with van der Waals surface area (Å²) in [6.45, 7) is 3.87. The molecule has 2 aromatic carbocycles. The molecule has 0 spiro atoms. The lowest BCUT2D eigenvalue weighted by Gasteiger charge is -2.12. The Morgan fingerprint density at radius 2 is 1.57 bits per heavy atom. The van der Waals surface area contributed by atoms with Crippen LogP contribution in [0.25, 0.3) is 0 Å². The summed E-state index contributed by atoms with van der Waals surface area (Å²) in [4.78, 5) is 24.1. The topological polar surface area (TPSA) is 98.2 Å². The second-order valence-electron chi connectivity index (χ2n) is 6.62. The fourth-order valence-corrected chi connectivity index (χ4v) is 2.72. The highest BCUT2D eigenvalue weighted by atomic mass is 16.5. The van der Waals surface area contributed by atoms with Crippen LogP contribution in [0.4, 0.5) is 5.69 Å². The minimum absolute atomic E-state index is 0.0172. The van der Waals surface area contributed by atoms with Gasteiger partial charge in [-0.25, -0.2) is 5.43 Å². The maximum absolute atomic E-state index is 12.1. The second-order valence-corrected chi connectivity index (χ2v) is 6.62. The van der Waals surface area contributed by atoms with Crippen molar-refractivity contribution in [3.8, 4) is 17.2 Å². The Morgan fingerprint density at radius 1 is 0.933 bits per heavy atom. The number of amides is 2. The number of nitrogens with zero attached hydrogens (tertiary/aromatic N) is 1. The van der Waals surface area contributed by atoms with Gasteiger partial charge < -0.3 is 19.5 Å². The first kappa shape index (κ1) is 22.7. The maximum atomic E-state index is 12.1. The third kappa shape index (κ3) is 6.23. The highest BCUT2D eigenvalue weighted by molar-refractivity contribution is 5.94. The SMILES string of the molecule is COc1cc(C=NNC(=O)CCC(=O)Nc2cc(C)ccc2C)cc(OC)c1OC. The minimum atomic E-state index is -0.366. The quantitative estimate of drug-likeness (QED) is 0.486. The largest absolute Gasteiger partial charge is 0.493 e. The number of hydrazone groups is 1. The molecule has 0 heterocycles. The molecule has 0 unspecified atom stereocenters. The second kappa shape index (κ2) is 10.8. The Labute approximate surface area is 176 Å². The number of aryl methyl sites for hydroxylation is 2. The summed E-state index contributed by atoms with van der Waals surface area (Å²) in [5.41, 5.74) is 5.83. The van der Waals surface area contributed by atoms with Gasteiger partial charge in [0.15, 0.2) is 11.5 Å². The minimum Gasteiger partial charge on any atom is -0.493 e. The number of nitrogens with one attached hydrogen (secondary N) is 2. The number of rotatable bonds is 9. The average molecular weight is 413 g/mol. The third-order valence-electron chi connectivity index (χ3n) is 4.34. The van der Waals surface area contributed by atoms with Crippen LogP contribution in [0.5, 0.6) is 17.2 Å². The molecule has 0 fully saturated rings. The number of ether oxygens (including phenoxy) is 3. The van der Waals surface area contributed by atoms with Crippen molar-refractivity contribution in [2.24, 2.45) is 5.10 Å². The first-order chi connectivity index (χ1) is 14.4. The van der Waals surface area contributed by atoms with Crippen LogP contribution in [0.2, 0.25) is 0 Å². The molecule has 0 saturated heterocycles. The van der Waals surface area contributed by atoms with Crippen LogP contribution in [0.1, 0.15) is 29.5 Å². The highest BCUT2D eigenvalue weighted by Crippen LogP contribution is 2.37. The van der Waals surface area contributed by atoms with Crippen LogP contribution in [0.15, 0.2) is 35.4 Å².